The molecule has 0 atom stereocenters. The van der Waals surface area contributed by atoms with Crippen LogP contribution in [0.4, 0.5) is 5.69 Å². The van der Waals surface area contributed by atoms with Crippen molar-refractivity contribution in [2.45, 2.75) is 13.8 Å². The minimum Gasteiger partial charge on any atom is -0.267 e. The fourth-order valence-corrected chi connectivity index (χ4v) is 4.21. The van der Waals surface area contributed by atoms with Gasteiger partial charge in [-0.3, -0.25) is 14.9 Å². The molecule has 0 N–H and O–H groups in total. The van der Waals surface area contributed by atoms with Gasteiger partial charge in [-0.05, 0) is 70.7 Å². The summed E-state index contributed by atoms with van der Waals surface area (Å²) >= 11 is 4.44. The average molecular weight is 430 g/mol. The number of nitrogens with zero attached hydrogens (tertiary/aromatic N) is 3. The Morgan fingerprint density at radius 3 is 2.69 bits per heavy atom. The number of imidazole rings is 1. The van der Waals surface area contributed by atoms with Crippen LogP contribution in [0.15, 0.2) is 39.6 Å². The van der Waals surface area contributed by atoms with Crippen molar-refractivity contribution >= 4 is 55.0 Å². The fourth-order valence-electron chi connectivity index (χ4n) is 2.83. The highest BCUT2D eigenvalue weighted by atomic mass is 79.9. The molecule has 2 aromatic carbocycles. The van der Waals surface area contributed by atoms with Gasteiger partial charge in [0.2, 0.25) is 0 Å². The molecule has 0 aliphatic rings. The molecule has 0 amide bonds. The van der Waals surface area contributed by atoms with Crippen LogP contribution in [-0.4, -0.2) is 14.3 Å². The number of fused-ring (bicyclic) bond motifs is 3. The third kappa shape index (κ3) is 2.62. The first-order chi connectivity index (χ1) is 12.3. The monoisotopic (exact) mass is 429 g/mol. The summed E-state index contributed by atoms with van der Waals surface area (Å²) in [5.41, 5.74) is 4.19. The van der Waals surface area contributed by atoms with Crippen LogP contribution >= 0.6 is 27.3 Å². The van der Waals surface area contributed by atoms with Crippen molar-refractivity contribution in [1.82, 2.24) is 9.38 Å². The van der Waals surface area contributed by atoms with Crippen LogP contribution in [0.5, 0.6) is 0 Å². The quantitative estimate of drug-likeness (QED) is 0.359. The number of hydrogen-bond donors (Lipinski definition) is 0. The van der Waals surface area contributed by atoms with Gasteiger partial charge in [-0.1, -0.05) is 17.4 Å². The van der Waals surface area contributed by atoms with Gasteiger partial charge in [0.1, 0.15) is 0 Å². The maximum absolute atomic E-state index is 12.8. The molecular formula is C18H12BrN3O3S. The molecular weight excluding hydrogens is 418 g/mol. The second kappa shape index (κ2) is 6.00. The number of nitro benzene ring substituents is 1. The smallest absolute Gasteiger partial charge is 0.267 e. The van der Waals surface area contributed by atoms with Crippen LogP contribution in [0.1, 0.15) is 16.7 Å². The number of aromatic nitrogens is 2. The van der Waals surface area contributed by atoms with E-state index in [-0.39, 0.29) is 11.2 Å². The molecule has 2 heterocycles. The lowest BCUT2D eigenvalue weighted by molar-refractivity contribution is -0.385. The van der Waals surface area contributed by atoms with E-state index in [9.17, 15) is 14.9 Å². The lowest BCUT2D eigenvalue weighted by atomic mass is 10.1. The zero-order valence-electron chi connectivity index (χ0n) is 13.8. The molecule has 8 heteroatoms. The molecule has 0 unspecified atom stereocenters. The topological polar surface area (TPSA) is 77.5 Å². The maximum atomic E-state index is 12.8. The van der Waals surface area contributed by atoms with Crippen LogP contribution in [0.25, 0.3) is 22.1 Å². The molecule has 2 aromatic heterocycles. The van der Waals surface area contributed by atoms with Crippen LogP contribution in [-0.2, 0) is 0 Å². The summed E-state index contributed by atoms with van der Waals surface area (Å²) in [5.74, 6) is 0. The van der Waals surface area contributed by atoms with E-state index in [0.29, 0.717) is 19.5 Å². The Hall–Kier alpha value is -2.58. The third-order valence-electron chi connectivity index (χ3n) is 4.32. The van der Waals surface area contributed by atoms with Gasteiger partial charge in [0.05, 0.1) is 25.0 Å². The van der Waals surface area contributed by atoms with Gasteiger partial charge >= 0.3 is 0 Å². The lowest BCUT2D eigenvalue weighted by Gasteiger charge is -1.98. The van der Waals surface area contributed by atoms with Gasteiger partial charge in [-0.2, -0.15) is 0 Å². The molecule has 0 saturated heterocycles. The van der Waals surface area contributed by atoms with E-state index in [4.69, 9.17) is 0 Å². The summed E-state index contributed by atoms with van der Waals surface area (Å²) in [5, 5.41) is 11.1. The molecule has 130 valence electrons. The second-order valence-electron chi connectivity index (χ2n) is 6.04. The number of benzene rings is 2. The Balaban J connectivity index is 1.96. The minimum atomic E-state index is -0.459. The summed E-state index contributed by atoms with van der Waals surface area (Å²) in [6.45, 7) is 4.01. The van der Waals surface area contributed by atoms with Crippen LogP contribution in [0.2, 0.25) is 0 Å². The Kier molecular flexibility index (Phi) is 3.89. The fraction of sp³-hybridized carbons (Fsp3) is 0.111. The van der Waals surface area contributed by atoms with Gasteiger partial charge in [-0.15, -0.1) is 0 Å². The highest BCUT2D eigenvalue weighted by Crippen LogP contribution is 2.26. The first-order valence-electron chi connectivity index (χ1n) is 7.73. The molecule has 6 nitrogen and oxygen atoms in total. The van der Waals surface area contributed by atoms with Gasteiger partial charge in [0.15, 0.2) is 4.96 Å². The van der Waals surface area contributed by atoms with Gasteiger partial charge in [-0.25, -0.2) is 9.38 Å². The number of rotatable bonds is 2. The Labute approximate surface area is 159 Å². The predicted octanol–water partition coefficient (Wildman–Crippen LogP) is 3.74. The van der Waals surface area contributed by atoms with Crippen molar-refractivity contribution in [3.05, 3.63) is 76.5 Å². The van der Waals surface area contributed by atoms with Crippen molar-refractivity contribution in [1.29, 1.82) is 0 Å². The Morgan fingerprint density at radius 1 is 1.23 bits per heavy atom. The second-order valence-corrected chi connectivity index (χ2v) is 7.90. The average Bonchev–Trinajstić information content (AvgIpc) is 3.06. The van der Waals surface area contributed by atoms with Crippen LogP contribution in [0.3, 0.4) is 0 Å². The lowest BCUT2D eigenvalue weighted by Crippen LogP contribution is -2.22. The zero-order chi connectivity index (χ0) is 18.6. The normalized spacial score (nSPS) is 12.3. The molecule has 0 aliphatic heterocycles. The molecule has 0 aliphatic carbocycles. The van der Waals surface area contributed by atoms with Crippen molar-refractivity contribution in [3.63, 3.8) is 0 Å². The number of halogens is 1. The molecule has 26 heavy (non-hydrogen) atoms. The summed E-state index contributed by atoms with van der Waals surface area (Å²) in [6.07, 6.45) is 1.66. The Morgan fingerprint density at radius 2 is 1.96 bits per heavy atom. The zero-order valence-corrected chi connectivity index (χ0v) is 16.2. The largest absolute Gasteiger partial charge is 0.284 e. The molecule has 0 radical (unpaired) electrons. The van der Waals surface area contributed by atoms with Crippen LogP contribution < -0.4 is 10.1 Å². The molecule has 0 spiro atoms. The van der Waals surface area contributed by atoms with Gasteiger partial charge in [0, 0.05) is 6.07 Å². The van der Waals surface area contributed by atoms with Crippen molar-refractivity contribution in [2.75, 3.05) is 0 Å². The summed E-state index contributed by atoms with van der Waals surface area (Å²) in [7, 11) is 0. The predicted molar refractivity (Wildman–Crippen MR) is 106 cm³/mol. The molecule has 4 aromatic rings. The Bertz CT molecular complexity index is 1320. The molecule has 0 fully saturated rings. The van der Waals surface area contributed by atoms with E-state index >= 15 is 0 Å². The molecule has 4 rings (SSSR count). The summed E-state index contributed by atoms with van der Waals surface area (Å²) in [4.78, 5) is 28.6. The first kappa shape index (κ1) is 16.9. The highest BCUT2D eigenvalue weighted by molar-refractivity contribution is 9.10. The SMILES string of the molecule is Cc1cc2nc3s/c(=C\c4ccc(Br)c([N+](=O)[O-])c4)c(=O)n3c2cc1C. The van der Waals surface area contributed by atoms with E-state index in [0.717, 1.165) is 22.2 Å². The van der Waals surface area contributed by atoms with Crippen LogP contribution in [0, 0.1) is 24.0 Å². The van der Waals surface area contributed by atoms with E-state index < -0.39 is 4.92 Å². The first-order valence-corrected chi connectivity index (χ1v) is 9.34. The highest BCUT2D eigenvalue weighted by Gasteiger charge is 2.14. The minimum absolute atomic E-state index is 0.0379. The summed E-state index contributed by atoms with van der Waals surface area (Å²) < 4.78 is 2.50. The van der Waals surface area contributed by atoms with Crippen molar-refractivity contribution in [3.8, 4) is 0 Å². The van der Waals surface area contributed by atoms with Gasteiger partial charge in [0.25, 0.3) is 11.2 Å². The van der Waals surface area contributed by atoms with E-state index in [2.05, 4.69) is 20.9 Å². The number of hydrogen-bond acceptors (Lipinski definition) is 5. The maximum Gasteiger partial charge on any atom is 0.284 e. The third-order valence-corrected chi connectivity index (χ3v) is 5.96. The van der Waals surface area contributed by atoms with E-state index in [1.165, 1.54) is 17.4 Å². The molecule has 0 saturated carbocycles. The van der Waals surface area contributed by atoms with E-state index in [1.54, 1.807) is 22.6 Å². The number of nitro groups is 1. The van der Waals surface area contributed by atoms with Crippen molar-refractivity contribution < 1.29 is 4.92 Å². The van der Waals surface area contributed by atoms with Gasteiger partial charge < -0.3 is 0 Å². The number of thiazole rings is 1. The van der Waals surface area contributed by atoms with E-state index in [1.807, 2.05) is 26.0 Å². The van der Waals surface area contributed by atoms with Crippen molar-refractivity contribution in [2.24, 2.45) is 0 Å². The standard InChI is InChI=1S/C18H12BrN3O3S/c1-9-5-13-15(6-10(9)2)21-17(23)16(26-18(21)20-13)8-11-3-4-12(19)14(7-11)22(24)25/h3-8H,1-2H3/b16-8-. The number of aryl methyl sites for hydroxylation is 2. The summed E-state index contributed by atoms with van der Waals surface area (Å²) in [6, 6.07) is 8.72. The molecule has 0 bridgehead atoms.